The number of hydrogen-bond donors (Lipinski definition) is 3. The number of aromatic nitrogens is 4. The molecule has 0 amide bonds. The Morgan fingerprint density at radius 2 is 1.60 bits per heavy atom. The zero-order valence-corrected chi connectivity index (χ0v) is 22.2. The predicted octanol–water partition coefficient (Wildman–Crippen LogP) is 3.68. The van der Waals surface area contributed by atoms with Crippen LogP contribution in [0.5, 0.6) is 0 Å². The topological polar surface area (TPSA) is 163 Å². The molecule has 35 heavy (non-hydrogen) atoms. The van der Waals surface area contributed by atoms with E-state index < -0.39 is 44.4 Å². The number of nitrogens with two attached hydrogens (primary N) is 1. The Labute approximate surface area is 206 Å². The number of carboxylic acids is 2. The first-order valence-corrected chi connectivity index (χ1v) is 14.2. The van der Waals surface area contributed by atoms with Crippen LogP contribution < -0.4 is 5.73 Å². The molecule has 0 radical (unpaired) electrons. The summed E-state index contributed by atoms with van der Waals surface area (Å²) in [4.78, 5) is 36.1. The number of carbonyl (C=O) groups is 2. The molecule has 0 unspecified atom stereocenters. The van der Waals surface area contributed by atoms with Crippen molar-refractivity contribution in [1.29, 1.82) is 0 Å². The van der Waals surface area contributed by atoms with Crippen LogP contribution in [0, 0.1) is 11.8 Å². The fourth-order valence-electron chi connectivity index (χ4n) is 6.02. The van der Waals surface area contributed by atoms with Gasteiger partial charge in [-0.05, 0) is 16.6 Å². The van der Waals surface area contributed by atoms with Crippen LogP contribution in [0.4, 0.5) is 5.82 Å². The third-order valence-electron chi connectivity index (χ3n) is 7.39. The van der Waals surface area contributed by atoms with Gasteiger partial charge in [0.2, 0.25) is 0 Å². The predicted molar refractivity (Wildman–Crippen MR) is 132 cm³/mol. The number of imidazole rings is 1. The average molecular weight is 508 g/mol. The van der Waals surface area contributed by atoms with Gasteiger partial charge in [0.15, 0.2) is 19.8 Å². The first-order chi connectivity index (χ1) is 16.4. The molecule has 4 N–H and O–H groups in total. The molecule has 3 rings (SSSR count). The standard InChI is InChI=1S/C23H37N5O6Si/c1-12(2)35(13(3)4,14(5)6)33-9-17-15(7-18(29)30)16(8-19(31)32)23(34-17)28-11-27-20-21(24)25-10-26-22(20)28/h10-17,23H,7-9H2,1-6H3,(H,29,30)(H,31,32)(H2,24,25,26)/t15-,16+,17+,23-/m1/s1. The zero-order chi connectivity index (χ0) is 26.1. The van der Waals surface area contributed by atoms with Gasteiger partial charge in [0, 0.05) is 11.8 Å². The number of anilines is 1. The molecule has 0 aliphatic carbocycles. The lowest BCUT2D eigenvalue weighted by Crippen LogP contribution is -2.49. The maximum absolute atomic E-state index is 11.8. The molecule has 3 heterocycles. The van der Waals surface area contributed by atoms with Crippen LogP contribution in [-0.4, -0.2) is 62.7 Å². The van der Waals surface area contributed by atoms with Crippen LogP contribution in [0.2, 0.25) is 16.6 Å². The average Bonchev–Trinajstić information content (AvgIpc) is 3.30. The van der Waals surface area contributed by atoms with Gasteiger partial charge in [-0.3, -0.25) is 14.2 Å². The minimum absolute atomic E-state index is 0.199. The van der Waals surface area contributed by atoms with E-state index in [-0.39, 0.29) is 25.3 Å². The molecule has 1 fully saturated rings. The Morgan fingerprint density at radius 1 is 1.03 bits per heavy atom. The Balaban J connectivity index is 2.01. The molecular weight excluding hydrogens is 470 g/mol. The second-order valence-corrected chi connectivity index (χ2v) is 15.8. The van der Waals surface area contributed by atoms with Crippen molar-refractivity contribution >= 4 is 37.2 Å². The van der Waals surface area contributed by atoms with E-state index in [2.05, 4.69) is 56.5 Å². The number of fused-ring (bicyclic) bond motifs is 1. The molecular formula is C23H37N5O6Si. The van der Waals surface area contributed by atoms with E-state index in [4.69, 9.17) is 14.9 Å². The minimum Gasteiger partial charge on any atom is -0.481 e. The lowest BCUT2D eigenvalue weighted by Gasteiger charge is -2.43. The van der Waals surface area contributed by atoms with Crippen molar-refractivity contribution in [3.8, 4) is 0 Å². The molecule has 0 saturated carbocycles. The van der Waals surface area contributed by atoms with Gasteiger partial charge in [0.25, 0.3) is 0 Å². The molecule has 4 atom stereocenters. The lowest BCUT2D eigenvalue weighted by molar-refractivity contribution is -0.142. The van der Waals surface area contributed by atoms with E-state index in [0.29, 0.717) is 27.8 Å². The van der Waals surface area contributed by atoms with E-state index in [9.17, 15) is 19.8 Å². The van der Waals surface area contributed by atoms with E-state index in [1.54, 1.807) is 4.57 Å². The van der Waals surface area contributed by atoms with Gasteiger partial charge in [0.1, 0.15) is 18.1 Å². The molecule has 1 aliphatic rings. The Hall–Kier alpha value is -2.57. The lowest BCUT2D eigenvalue weighted by atomic mass is 9.84. The monoisotopic (exact) mass is 507 g/mol. The Bertz CT molecular complexity index is 1040. The summed E-state index contributed by atoms with van der Waals surface area (Å²) in [5.74, 6) is -3.04. The summed E-state index contributed by atoms with van der Waals surface area (Å²) in [5.41, 5.74) is 7.73. The maximum atomic E-state index is 11.8. The summed E-state index contributed by atoms with van der Waals surface area (Å²) < 4.78 is 14.8. The van der Waals surface area contributed by atoms with Crippen molar-refractivity contribution in [3.05, 3.63) is 12.7 Å². The van der Waals surface area contributed by atoms with Crippen LogP contribution in [0.3, 0.4) is 0 Å². The van der Waals surface area contributed by atoms with E-state index in [1.165, 1.54) is 12.7 Å². The summed E-state index contributed by atoms with van der Waals surface area (Å²) in [5, 5.41) is 19.3. The van der Waals surface area contributed by atoms with Crippen LogP contribution in [0.15, 0.2) is 12.7 Å². The van der Waals surface area contributed by atoms with E-state index in [1.807, 2.05) is 0 Å². The summed E-state index contributed by atoms with van der Waals surface area (Å²) in [7, 11) is -2.26. The fourth-order valence-corrected chi connectivity index (χ4v) is 11.5. The summed E-state index contributed by atoms with van der Waals surface area (Å²) in [6, 6.07) is 0. The van der Waals surface area contributed by atoms with Crippen LogP contribution in [-0.2, 0) is 18.8 Å². The molecule has 1 aliphatic heterocycles. The molecule has 1 saturated heterocycles. The van der Waals surface area contributed by atoms with E-state index in [0.717, 1.165) is 0 Å². The van der Waals surface area contributed by atoms with E-state index >= 15 is 0 Å². The molecule has 194 valence electrons. The van der Waals surface area contributed by atoms with Gasteiger partial charge in [-0.15, -0.1) is 0 Å². The van der Waals surface area contributed by atoms with Gasteiger partial charge in [-0.25, -0.2) is 15.0 Å². The van der Waals surface area contributed by atoms with Crippen molar-refractivity contribution in [1.82, 2.24) is 19.5 Å². The highest BCUT2D eigenvalue weighted by Gasteiger charge is 2.50. The van der Waals surface area contributed by atoms with Crippen LogP contribution >= 0.6 is 0 Å². The second kappa shape index (κ2) is 10.6. The number of nitrogen functional groups attached to an aromatic ring is 1. The molecule has 0 spiro atoms. The van der Waals surface area contributed by atoms with Gasteiger partial charge in [0.05, 0.1) is 31.9 Å². The quantitative estimate of drug-likeness (QED) is 0.382. The Morgan fingerprint density at radius 3 is 2.14 bits per heavy atom. The minimum atomic E-state index is -2.26. The van der Waals surface area contributed by atoms with Crippen molar-refractivity contribution in [2.24, 2.45) is 11.8 Å². The summed E-state index contributed by atoms with van der Waals surface area (Å²) >= 11 is 0. The van der Waals surface area contributed by atoms with Crippen LogP contribution in [0.1, 0.15) is 60.6 Å². The molecule has 0 aromatic carbocycles. The van der Waals surface area contributed by atoms with Crippen molar-refractivity contribution in [3.63, 3.8) is 0 Å². The number of carboxylic acid groups (broad SMARTS) is 2. The first kappa shape index (κ1) is 27.0. The summed E-state index contributed by atoms with van der Waals surface area (Å²) in [6.07, 6.45) is 0.926. The number of ether oxygens (including phenoxy) is 1. The molecule has 0 bridgehead atoms. The Kier molecular flexibility index (Phi) is 8.17. The molecule has 11 nitrogen and oxygen atoms in total. The van der Waals surface area contributed by atoms with Crippen molar-refractivity contribution < 1.29 is 29.0 Å². The SMILES string of the molecule is CC(C)[Si](OC[C@@H]1O[C@@H](n2cnc3c(N)ncnc32)[C@@H](CC(=O)O)[C@H]1CC(=O)O)(C(C)C)C(C)C. The molecule has 12 heteroatoms. The maximum Gasteiger partial charge on any atom is 0.303 e. The molecule has 2 aromatic heterocycles. The highest BCUT2D eigenvalue weighted by atomic mass is 28.4. The third-order valence-corrected chi connectivity index (χ3v) is 13.5. The number of nitrogens with zero attached hydrogens (tertiary/aromatic N) is 4. The smallest absolute Gasteiger partial charge is 0.303 e. The molecule has 2 aromatic rings. The van der Waals surface area contributed by atoms with Gasteiger partial charge < -0.3 is 25.1 Å². The number of hydrogen-bond acceptors (Lipinski definition) is 8. The number of rotatable bonds is 11. The van der Waals surface area contributed by atoms with Gasteiger partial charge >= 0.3 is 11.9 Å². The van der Waals surface area contributed by atoms with Crippen molar-refractivity contribution in [2.45, 2.75) is 83.3 Å². The normalized spacial score (nSPS) is 23.1. The fraction of sp³-hybridized carbons (Fsp3) is 0.696. The summed E-state index contributed by atoms with van der Waals surface area (Å²) in [6.45, 7) is 13.3. The first-order valence-electron chi connectivity index (χ1n) is 12.1. The highest BCUT2D eigenvalue weighted by molar-refractivity contribution is 6.77. The van der Waals surface area contributed by atoms with Crippen molar-refractivity contribution in [2.75, 3.05) is 12.3 Å². The van der Waals surface area contributed by atoms with Gasteiger partial charge in [-0.2, -0.15) is 0 Å². The zero-order valence-electron chi connectivity index (χ0n) is 21.2. The van der Waals surface area contributed by atoms with Gasteiger partial charge in [-0.1, -0.05) is 41.5 Å². The largest absolute Gasteiger partial charge is 0.481 e. The van der Waals surface area contributed by atoms with Crippen LogP contribution in [0.25, 0.3) is 11.2 Å². The third kappa shape index (κ3) is 5.19. The highest BCUT2D eigenvalue weighted by Crippen LogP contribution is 2.47. The number of aliphatic carboxylic acids is 2. The second-order valence-electron chi connectivity index (χ2n) is 10.3.